The number of fused-ring (bicyclic) bond motifs is 1. The van der Waals surface area contributed by atoms with Crippen molar-refractivity contribution in [1.82, 2.24) is 0 Å². The van der Waals surface area contributed by atoms with Gasteiger partial charge in [-0.1, -0.05) is 25.1 Å². The molecular formula is C24H26FN3O3. The van der Waals surface area contributed by atoms with Gasteiger partial charge in [-0.2, -0.15) is 5.26 Å². The van der Waals surface area contributed by atoms with Crippen molar-refractivity contribution in [3.05, 3.63) is 53.6 Å². The Labute approximate surface area is 181 Å². The van der Waals surface area contributed by atoms with E-state index in [2.05, 4.69) is 16.3 Å². The molecule has 7 heteroatoms. The number of anilines is 2. The lowest BCUT2D eigenvalue weighted by atomic mass is 9.91. The molecule has 0 saturated heterocycles. The smallest absolute Gasteiger partial charge is 0.411 e. The first-order valence-electron chi connectivity index (χ1n) is 10.7. The van der Waals surface area contributed by atoms with Gasteiger partial charge in [0.1, 0.15) is 5.75 Å². The third kappa shape index (κ3) is 4.58. The van der Waals surface area contributed by atoms with Crippen LogP contribution in [0.25, 0.3) is 0 Å². The Morgan fingerprint density at radius 3 is 2.84 bits per heavy atom. The summed E-state index contributed by atoms with van der Waals surface area (Å²) in [6.45, 7) is 2.23. The van der Waals surface area contributed by atoms with Crippen LogP contribution in [0.4, 0.5) is 20.6 Å². The number of nitrogens with zero attached hydrogens (tertiary/aromatic N) is 2. The average Bonchev–Trinajstić information content (AvgIpc) is 3.54. The molecule has 2 unspecified atom stereocenters. The standard InChI is InChI=1S/C24H26FN3O3/c1-2-10-30-24(29)27-18-5-3-4-17(11-18)23-21(13-26)20-9-8-19(31-15-25)12-22(20)28(23)14-16-6-7-16/h3-5,8-9,11-12,16,21,23H,2,6-7,10,14-15H2,1H3,(H,27,29). The molecule has 2 aromatic carbocycles. The van der Waals surface area contributed by atoms with Gasteiger partial charge in [0.05, 0.1) is 24.6 Å². The number of amides is 1. The maximum absolute atomic E-state index is 12.7. The number of nitriles is 1. The zero-order valence-corrected chi connectivity index (χ0v) is 17.5. The van der Waals surface area contributed by atoms with E-state index in [0.29, 0.717) is 24.0 Å². The van der Waals surface area contributed by atoms with Crippen molar-refractivity contribution in [2.24, 2.45) is 5.92 Å². The van der Waals surface area contributed by atoms with Crippen molar-refractivity contribution in [3.8, 4) is 11.8 Å². The molecule has 1 heterocycles. The second-order valence-corrected chi connectivity index (χ2v) is 8.01. The Balaban J connectivity index is 1.66. The zero-order chi connectivity index (χ0) is 21.8. The molecule has 4 rings (SSSR count). The van der Waals surface area contributed by atoms with E-state index in [0.717, 1.165) is 29.8 Å². The first-order valence-corrected chi connectivity index (χ1v) is 10.7. The molecule has 0 aromatic heterocycles. The highest BCUT2D eigenvalue weighted by atomic mass is 19.1. The molecule has 1 aliphatic heterocycles. The number of carbonyl (C=O) groups is 1. The lowest BCUT2D eigenvalue weighted by Gasteiger charge is -2.29. The summed E-state index contributed by atoms with van der Waals surface area (Å²) in [4.78, 5) is 14.2. The molecule has 1 aliphatic carbocycles. The second kappa shape index (κ2) is 9.25. The summed E-state index contributed by atoms with van der Waals surface area (Å²) in [6, 6.07) is 15.2. The third-order valence-electron chi connectivity index (χ3n) is 5.72. The maximum atomic E-state index is 12.7. The molecule has 2 aromatic rings. The van der Waals surface area contributed by atoms with Crippen molar-refractivity contribution >= 4 is 17.5 Å². The number of carbonyl (C=O) groups excluding carboxylic acids is 1. The molecular weight excluding hydrogens is 397 g/mol. The molecule has 0 bridgehead atoms. The van der Waals surface area contributed by atoms with Gasteiger partial charge in [0.15, 0.2) is 0 Å². The van der Waals surface area contributed by atoms with E-state index >= 15 is 0 Å². The van der Waals surface area contributed by atoms with E-state index in [9.17, 15) is 14.4 Å². The average molecular weight is 423 g/mol. The predicted octanol–water partition coefficient (Wildman–Crippen LogP) is 5.53. The van der Waals surface area contributed by atoms with Gasteiger partial charge < -0.3 is 14.4 Å². The number of benzene rings is 2. The number of nitrogens with one attached hydrogen (secondary N) is 1. The van der Waals surface area contributed by atoms with Crippen molar-refractivity contribution in [3.63, 3.8) is 0 Å². The summed E-state index contributed by atoms with van der Waals surface area (Å²) >= 11 is 0. The number of rotatable bonds is 8. The van der Waals surface area contributed by atoms with Crippen molar-refractivity contribution < 1.29 is 18.7 Å². The van der Waals surface area contributed by atoms with E-state index in [-0.39, 0.29) is 12.0 Å². The van der Waals surface area contributed by atoms with Gasteiger partial charge in [-0.3, -0.25) is 5.32 Å². The summed E-state index contributed by atoms with van der Waals surface area (Å²) in [5.41, 5.74) is 3.39. The van der Waals surface area contributed by atoms with Gasteiger partial charge in [-0.05, 0) is 54.5 Å². The van der Waals surface area contributed by atoms with E-state index in [4.69, 9.17) is 9.47 Å². The lowest BCUT2D eigenvalue weighted by molar-refractivity contribution is 0.161. The lowest BCUT2D eigenvalue weighted by Crippen LogP contribution is -2.29. The number of hydrogen-bond donors (Lipinski definition) is 1. The molecule has 2 atom stereocenters. The summed E-state index contributed by atoms with van der Waals surface area (Å²) in [5.74, 6) is 0.660. The molecule has 1 saturated carbocycles. The highest BCUT2D eigenvalue weighted by molar-refractivity contribution is 5.84. The molecule has 162 valence electrons. The third-order valence-corrected chi connectivity index (χ3v) is 5.72. The Morgan fingerprint density at radius 1 is 1.29 bits per heavy atom. The van der Waals surface area contributed by atoms with Crippen LogP contribution in [0.15, 0.2) is 42.5 Å². The quantitative estimate of drug-likeness (QED) is 0.604. The summed E-state index contributed by atoms with van der Waals surface area (Å²) in [6.07, 6.45) is 2.60. The Bertz CT molecular complexity index is 986. The SMILES string of the molecule is CCCOC(=O)Nc1cccc(C2C(C#N)c3ccc(OCF)cc3N2CC2CC2)c1. The van der Waals surface area contributed by atoms with Gasteiger partial charge in [-0.25, -0.2) is 9.18 Å². The zero-order valence-electron chi connectivity index (χ0n) is 17.5. The number of halogens is 1. The van der Waals surface area contributed by atoms with Gasteiger partial charge in [0, 0.05) is 24.0 Å². The largest absolute Gasteiger partial charge is 0.463 e. The van der Waals surface area contributed by atoms with Crippen LogP contribution in [-0.4, -0.2) is 26.1 Å². The van der Waals surface area contributed by atoms with Crippen molar-refractivity contribution in [2.75, 3.05) is 30.2 Å². The fraction of sp³-hybridized carbons (Fsp3) is 0.417. The van der Waals surface area contributed by atoms with Gasteiger partial charge in [0.2, 0.25) is 6.86 Å². The van der Waals surface area contributed by atoms with Crippen LogP contribution >= 0.6 is 0 Å². The van der Waals surface area contributed by atoms with Crippen molar-refractivity contribution in [1.29, 1.82) is 5.26 Å². The number of ether oxygens (including phenoxy) is 2. The first kappa shape index (κ1) is 21.0. The van der Waals surface area contributed by atoms with E-state index in [1.54, 1.807) is 12.1 Å². The topological polar surface area (TPSA) is 74.6 Å². The molecule has 2 aliphatic rings. The van der Waals surface area contributed by atoms with Gasteiger partial charge in [-0.15, -0.1) is 0 Å². The van der Waals surface area contributed by atoms with Gasteiger partial charge in [0.25, 0.3) is 0 Å². The molecule has 0 spiro atoms. The molecule has 1 amide bonds. The van der Waals surface area contributed by atoms with Crippen LogP contribution in [0.5, 0.6) is 5.75 Å². The van der Waals surface area contributed by atoms with E-state index in [1.165, 1.54) is 12.8 Å². The van der Waals surface area contributed by atoms with Crippen molar-refractivity contribution in [2.45, 2.75) is 38.1 Å². The predicted molar refractivity (Wildman–Crippen MR) is 116 cm³/mol. The molecule has 1 N–H and O–H groups in total. The van der Waals surface area contributed by atoms with Crippen LogP contribution in [0.2, 0.25) is 0 Å². The second-order valence-electron chi connectivity index (χ2n) is 8.01. The monoisotopic (exact) mass is 423 g/mol. The fourth-order valence-corrected chi connectivity index (χ4v) is 4.14. The van der Waals surface area contributed by atoms with Crippen LogP contribution in [0.3, 0.4) is 0 Å². The minimum absolute atomic E-state index is 0.199. The minimum Gasteiger partial charge on any atom is -0.463 e. The van der Waals surface area contributed by atoms with Crippen LogP contribution in [-0.2, 0) is 4.74 Å². The Hall–Kier alpha value is -3.27. The first-order chi connectivity index (χ1) is 15.1. The van der Waals surface area contributed by atoms with Crippen LogP contribution in [0, 0.1) is 17.2 Å². The summed E-state index contributed by atoms with van der Waals surface area (Å²) in [7, 11) is 0. The van der Waals surface area contributed by atoms with E-state index in [1.807, 2.05) is 37.3 Å². The minimum atomic E-state index is -0.894. The van der Waals surface area contributed by atoms with Crippen LogP contribution in [0.1, 0.15) is 49.3 Å². The van der Waals surface area contributed by atoms with Gasteiger partial charge >= 0.3 is 6.09 Å². The fourth-order valence-electron chi connectivity index (χ4n) is 4.14. The Kier molecular flexibility index (Phi) is 6.26. The Morgan fingerprint density at radius 2 is 2.13 bits per heavy atom. The number of alkyl halides is 1. The molecule has 0 radical (unpaired) electrons. The van der Waals surface area contributed by atoms with E-state index < -0.39 is 13.0 Å². The molecule has 1 fully saturated rings. The highest BCUT2D eigenvalue weighted by Crippen LogP contribution is 2.51. The maximum Gasteiger partial charge on any atom is 0.411 e. The highest BCUT2D eigenvalue weighted by Gasteiger charge is 2.42. The summed E-state index contributed by atoms with van der Waals surface area (Å²) < 4.78 is 22.9. The molecule has 6 nitrogen and oxygen atoms in total. The number of hydrogen-bond acceptors (Lipinski definition) is 5. The molecule has 31 heavy (non-hydrogen) atoms. The normalized spacial score (nSPS) is 19.5. The van der Waals surface area contributed by atoms with Crippen LogP contribution < -0.4 is 15.0 Å². The summed E-state index contributed by atoms with van der Waals surface area (Å²) in [5, 5.41) is 12.8.